The Kier molecular flexibility index (Phi) is 10.4. The van der Waals surface area contributed by atoms with Crippen LogP contribution in [0.5, 0.6) is 0 Å². The molecule has 0 radical (unpaired) electrons. The number of carbonyl (C=O) groups excluding carboxylic acids is 4. The molecule has 35 heavy (non-hydrogen) atoms. The molecule has 0 spiro atoms. The molecule has 9 heteroatoms. The van der Waals surface area contributed by atoms with E-state index in [1.54, 1.807) is 30.6 Å². The zero-order valence-corrected chi connectivity index (χ0v) is 22.5. The summed E-state index contributed by atoms with van der Waals surface area (Å²) < 4.78 is 10.7. The van der Waals surface area contributed by atoms with E-state index in [0.29, 0.717) is 25.6 Å². The lowest BCUT2D eigenvalue weighted by atomic mass is 9.85. The standard InChI is InChI=1S/C26H45N3O6/c1-25(2,3)34-22(31)11-14-27-21(30)18-29-15-7-8-20(23(29)32)10-9-19-12-16-28(17-13-19)24(33)35-26(4,5)6/h19-20H,7-18H2,1-6H3,(H,27,30)/t20-/m0/s1. The normalized spacial score (nSPS) is 19.9. The summed E-state index contributed by atoms with van der Waals surface area (Å²) in [5, 5.41) is 2.72. The predicted octanol–water partition coefficient (Wildman–Crippen LogP) is 3.50. The van der Waals surface area contributed by atoms with Gasteiger partial charge >= 0.3 is 12.1 Å². The number of carbonyl (C=O) groups is 4. The Morgan fingerprint density at radius 2 is 1.54 bits per heavy atom. The van der Waals surface area contributed by atoms with E-state index in [2.05, 4.69) is 5.32 Å². The molecule has 0 bridgehead atoms. The number of hydrogen-bond acceptors (Lipinski definition) is 6. The van der Waals surface area contributed by atoms with E-state index in [1.165, 1.54) is 0 Å². The number of esters is 1. The van der Waals surface area contributed by atoms with Crippen LogP contribution in [0.4, 0.5) is 4.79 Å². The monoisotopic (exact) mass is 495 g/mol. The van der Waals surface area contributed by atoms with Crippen LogP contribution in [0.15, 0.2) is 0 Å². The summed E-state index contributed by atoms with van der Waals surface area (Å²) in [6.07, 6.45) is 5.20. The molecule has 2 heterocycles. The van der Waals surface area contributed by atoms with Gasteiger partial charge in [0.25, 0.3) is 0 Å². The highest BCUT2D eigenvalue weighted by atomic mass is 16.6. The maximum absolute atomic E-state index is 12.9. The van der Waals surface area contributed by atoms with E-state index in [9.17, 15) is 19.2 Å². The van der Waals surface area contributed by atoms with E-state index in [4.69, 9.17) is 9.47 Å². The number of hydrogen-bond donors (Lipinski definition) is 1. The molecule has 9 nitrogen and oxygen atoms in total. The molecule has 2 aliphatic rings. The Bertz CT molecular complexity index is 747. The number of likely N-dealkylation sites (tertiary alicyclic amines) is 2. The van der Waals surface area contributed by atoms with Gasteiger partial charge in [-0.1, -0.05) is 0 Å². The van der Waals surface area contributed by atoms with Crippen LogP contribution in [0.1, 0.15) is 86.5 Å². The summed E-state index contributed by atoms with van der Waals surface area (Å²) in [5.74, 6) is -0.124. The zero-order valence-electron chi connectivity index (χ0n) is 22.5. The second kappa shape index (κ2) is 12.6. The number of rotatable bonds is 8. The molecule has 2 aliphatic heterocycles. The molecule has 0 aromatic carbocycles. The van der Waals surface area contributed by atoms with Crippen molar-refractivity contribution in [3.8, 4) is 0 Å². The van der Waals surface area contributed by atoms with Crippen molar-refractivity contribution < 1.29 is 28.7 Å². The van der Waals surface area contributed by atoms with Gasteiger partial charge in [0.2, 0.25) is 11.8 Å². The third-order valence-corrected chi connectivity index (χ3v) is 6.24. The molecular weight excluding hydrogens is 450 g/mol. The fourth-order valence-electron chi connectivity index (χ4n) is 4.54. The molecular formula is C26H45N3O6. The fraction of sp³-hybridized carbons (Fsp3) is 0.846. The van der Waals surface area contributed by atoms with E-state index in [0.717, 1.165) is 38.5 Å². The van der Waals surface area contributed by atoms with Crippen LogP contribution in [0.3, 0.4) is 0 Å². The van der Waals surface area contributed by atoms with Crippen LogP contribution < -0.4 is 5.32 Å². The molecule has 0 saturated carbocycles. The van der Waals surface area contributed by atoms with Gasteiger partial charge in [-0.3, -0.25) is 14.4 Å². The smallest absolute Gasteiger partial charge is 0.410 e. The lowest BCUT2D eigenvalue weighted by Gasteiger charge is -2.35. The van der Waals surface area contributed by atoms with Crippen molar-refractivity contribution in [2.75, 3.05) is 32.7 Å². The topological polar surface area (TPSA) is 105 Å². The summed E-state index contributed by atoms with van der Waals surface area (Å²) in [6, 6.07) is 0. The van der Waals surface area contributed by atoms with Crippen molar-refractivity contribution in [1.29, 1.82) is 0 Å². The fourth-order valence-corrected chi connectivity index (χ4v) is 4.54. The second-order valence-electron chi connectivity index (χ2n) is 11.8. The lowest BCUT2D eigenvalue weighted by Crippen LogP contribution is -2.47. The summed E-state index contributed by atoms with van der Waals surface area (Å²) in [5.41, 5.74) is -1.04. The van der Waals surface area contributed by atoms with Gasteiger partial charge in [-0.25, -0.2) is 4.79 Å². The maximum Gasteiger partial charge on any atom is 0.410 e. The van der Waals surface area contributed by atoms with Gasteiger partial charge in [-0.2, -0.15) is 0 Å². The summed E-state index contributed by atoms with van der Waals surface area (Å²) >= 11 is 0. The molecule has 0 aromatic rings. The minimum absolute atomic E-state index is 0.0257. The quantitative estimate of drug-likeness (QED) is 0.517. The molecule has 0 aliphatic carbocycles. The summed E-state index contributed by atoms with van der Waals surface area (Å²) in [4.78, 5) is 52.7. The number of ether oxygens (including phenoxy) is 2. The van der Waals surface area contributed by atoms with Gasteiger partial charge in [0.05, 0.1) is 13.0 Å². The van der Waals surface area contributed by atoms with Crippen LogP contribution in [-0.2, 0) is 23.9 Å². The van der Waals surface area contributed by atoms with E-state index < -0.39 is 11.2 Å². The van der Waals surface area contributed by atoms with Gasteiger partial charge in [-0.15, -0.1) is 0 Å². The Labute approximate surface area is 210 Å². The van der Waals surface area contributed by atoms with Gasteiger partial charge in [0, 0.05) is 32.1 Å². The largest absolute Gasteiger partial charge is 0.460 e. The van der Waals surface area contributed by atoms with Gasteiger partial charge in [-0.05, 0) is 86.0 Å². The molecule has 2 saturated heterocycles. The third kappa shape index (κ3) is 10.9. The zero-order chi connectivity index (χ0) is 26.2. The van der Waals surface area contributed by atoms with Crippen LogP contribution in [0.2, 0.25) is 0 Å². The van der Waals surface area contributed by atoms with Crippen molar-refractivity contribution in [2.45, 2.75) is 97.7 Å². The minimum Gasteiger partial charge on any atom is -0.460 e. The first-order valence-electron chi connectivity index (χ1n) is 13.0. The first-order chi connectivity index (χ1) is 16.2. The highest BCUT2D eigenvalue weighted by Crippen LogP contribution is 2.29. The van der Waals surface area contributed by atoms with Crippen LogP contribution in [0, 0.1) is 11.8 Å². The molecule has 2 rings (SSSR count). The van der Waals surface area contributed by atoms with Gasteiger partial charge < -0.3 is 24.6 Å². The second-order valence-corrected chi connectivity index (χ2v) is 11.8. The van der Waals surface area contributed by atoms with Crippen molar-refractivity contribution in [2.24, 2.45) is 11.8 Å². The van der Waals surface area contributed by atoms with E-state index >= 15 is 0 Å². The number of nitrogens with one attached hydrogen (secondary N) is 1. The number of nitrogens with zero attached hydrogens (tertiary/aromatic N) is 2. The molecule has 1 N–H and O–H groups in total. The first-order valence-corrected chi connectivity index (χ1v) is 13.0. The van der Waals surface area contributed by atoms with Crippen molar-refractivity contribution >= 4 is 23.9 Å². The van der Waals surface area contributed by atoms with Crippen LogP contribution >= 0.6 is 0 Å². The first kappa shape index (κ1) is 28.9. The van der Waals surface area contributed by atoms with Crippen LogP contribution in [0.25, 0.3) is 0 Å². The highest BCUT2D eigenvalue weighted by Gasteiger charge is 2.32. The Morgan fingerprint density at radius 3 is 2.14 bits per heavy atom. The maximum atomic E-state index is 12.9. The number of piperidine rings is 2. The average Bonchev–Trinajstić information content (AvgIpc) is 2.72. The third-order valence-electron chi connectivity index (χ3n) is 6.24. The summed E-state index contributed by atoms with van der Waals surface area (Å²) in [7, 11) is 0. The lowest BCUT2D eigenvalue weighted by molar-refractivity contribution is -0.154. The van der Waals surface area contributed by atoms with Crippen molar-refractivity contribution in [3.63, 3.8) is 0 Å². The molecule has 2 fully saturated rings. The molecule has 0 unspecified atom stereocenters. The Morgan fingerprint density at radius 1 is 0.914 bits per heavy atom. The van der Waals surface area contributed by atoms with Crippen molar-refractivity contribution in [3.05, 3.63) is 0 Å². The number of amides is 3. The minimum atomic E-state index is -0.550. The van der Waals surface area contributed by atoms with Crippen LogP contribution in [-0.4, -0.2) is 77.6 Å². The SMILES string of the molecule is CC(C)(C)OC(=O)CCNC(=O)CN1CCC[C@@H](CCC2CCN(C(=O)OC(C)(C)C)CC2)C1=O. The van der Waals surface area contributed by atoms with E-state index in [-0.39, 0.29) is 49.3 Å². The van der Waals surface area contributed by atoms with E-state index in [1.807, 2.05) is 20.8 Å². The average molecular weight is 496 g/mol. The molecule has 1 atom stereocenters. The Hall–Kier alpha value is -2.32. The predicted molar refractivity (Wildman–Crippen MR) is 133 cm³/mol. The Balaban J connectivity index is 1.69. The van der Waals surface area contributed by atoms with Gasteiger partial charge in [0.1, 0.15) is 11.2 Å². The van der Waals surface area contributed by atoms with Crippen molar-refractivity contribution in [1.82, 2.24) is 15.1 Å². The molecule has 3 amide bonds. The molecule has 200 valence electrons. The van der Waals surface area contributed by atoms with Gasteiger partial charge in [0.15, 0.2) is 0 Å². The molecule has 0 aromatic heterocycles. The summed E-state index contributed by atoms with van der Waals surface area (Å²) in [6.45, 7) is 13.2. The highest BCUT2D eigenvalue weighted by molar-refractivity contribution is 5.86.